The van der Waals surface area contributed by atoms with Crippen LogP contribution in [-0.2, 0) is 10.0 Å². The molecule has 0 spiro atoms. The predicted molar refractivity (Wildman–Crippen MR) is 179 cm³/mol. The lowest BCUT2D eigenvalue weighted by Gasteiger charge is -2.32. The molecule has 7 rings (SSSR count). The molecule has 0 saturated carbocycles. The van der Waals surface area contributed by atoms with Gasteiger partial charge in [0.25, 0.3) is 5.91 Å². The van der Waals surface area contributed by atoms with Crippen LogP contribution in [0.15, 0.2) is 100 Å². The third-order valence-corrected chi connectivity index (χ3v) is 10.7. The molecule has 0 unspecified atom stereocenters. The van der Waals surface area contributed by atoms with Crippen molar-refractivity contribution in [1.29, 1.82) is 0 Å². The van der Waals surface area contributed by atoms with Crippen LogP contribution < -0.4 is 10.0 Å². The number of rotatable bonds is 9. The van der Waals surface area contributed by atoms with Gasteiger partial charge < -0.3 is 10.2 Å². The highest BCUT2D eigenvalue weighted by molar-refractivity contribution is 7.89. The second-order valence-electron chi connectivity index (χ2n) is 11.4. The monoisotopic (exact) mass is 759 g/mol. The summed E-state index contributed by atoms with van der Waals surface area (Å²) in [5.74, 6) is -3.26. The molecule has 10 nitrogen and oxygen atoms in total. The Balaban J connectivity index is 1.24. The first kappa shape index (κ1) is 34.5. The van der Waals surface area contributed by atoms with Gasteiger partial charge in [0, 0.05) is 76.0 Å². The number of benzene rings is 3. The highest BCUT2D eigenvalue weighted by Gasteiger charge is 2.42. The Labute approximate surface area is 296 Å². The van der Waals surface area contributed by atoms with Gasteiger partial charge in [-0.05, 0) is 48.5 Å². The fourth-order valence-electron chi connectivity index (χ4n) is 5.90. The van der Waals surface area contributed by atoms with Crippen LogP contribution in [0.2, 0.25) is 5.02 Å². The number of nitrogens with one attached hydrogen (secondary N) is 2. The summed E-state index contributed by atoms with van der Waals surface area (Å²) < 4.78 is 99.1. The van der Waals surface area contributed by atoms with E-state index in [0.29, 0.717) is 32.4 Å². The van der Waals surface area contributed by atoms with E-state index >= 15 is 0 Å². The summed E-state index contributed by atoms with van der Waals surface area (Å²) >= 11 is 7.78. The van der Waals surface area contributed by atoms with E-state index in [2.05, 4.69) is 20.1 Å². The number of nitrogens with zero attached hydrogens (tertiary/aromatic N) is 5. The van der Waals surface area contributed by atoms with Gasteiger partial charge in [0.2, 0.25) is 10.0 Å². The first-order valence-corrected chi connectivity index (χ1v) is 17.8. The number of sulfonamides is 1. The van der Waals surface area contributed by atoms with Crippen LogP contribution in [0.4, 0.5) is 27.6 Å². The minimum absolute atomic E-state index is 0.0332. The Hall–Kier alpha value is -4.97. The van der Waals surface area contributed by atoms with Crippen molar-refractivity contribution in [2.24, 2.45) is 4.99 Å². The molecule has 2 atom stereocenters. The maximum absolute atomic E-state index is 14.1. The number of halogens is 6. The first-order chi connectivity index (χ1) is 24.4. The Kier molecular flexibility index (Phi) is 9.21. The number of carbonyl (C=O) groups excluding carboxylic acids is 1. The van der Waals surface area contributed by atoms with E-state index in [-0.39, 0.29) is 39.8 Å². The minimum Gasteiger partial charge on any atom is -0.326 e. The number of aliphatic imine (C=N–C) groups is 1. The zero-order valence-electron chi connectivity index (χ0n) is 25.8. The summed E-state index contributed by atoms with van der Waals surface area (Å²) in [5.41, 5.74) is 1.26. The van der Waals surface area contributed by atoms with Crippen LogP contribution in [0.5, 0.6) is 0 Å². The van der Waals surface area contributed by atoms with Crippen LogP contribution in [0.25, 0.3) is 5.57 Å². The van der Waals surface area contributed by atoms with Gasteiger partial charge in [0.1, 0.15) is 11.9 Å². The Morgan fingerprint density at radius 1 is 1.02 bits per heavy atom. The van der Waals surface area contributed by atoms with Crippen molar-refractivity contribution in [3.8, 4) is 0 Å². The number of thiazole rings is 1. The van der Waals surface area contributed by atoms with E-state index in [0.717, 1.165) is 36.5 Å². The van der Waals surface area contributed by atoms with E-state index in [1.54, 1.807) is 16.5 Å². The van der Waals surface area contributed by atoms with Crippen molar-refractivity contribution in [3.05, 3.63) is 135 Å². The molecule has 2 aliphatic heterocycles. The number of alkyl halides is 2. The topological polar surface area (TPSA) is 122 Å². The lowest BCUT2D eigenvalue weighted by atomic mass is 9.92. The number of aromatic nitrogens is 3. The van der Waals surface area contributed by atoms with E-state index in [4.69, 9.17) is 16.6 Å². The molecule has 2 aliphatic rings. The molecule has 51 heavy (non-hydrogen) atoms. The van der Waals surface area contributed by atoms with Crippen LogP contribution in [0.3, 0.4) is 0 Å². The molecule has 18 heteroatoms. The van der Waals surface area contributed by atoms with Gasteiger partial charge in [0.05, 0.1) is 10.6 Å². The van der Waals surface area contributed by atoms with Crippen LogP contribution in [0.1, 0.15) is 45.6 Å². The smallest absolute Gasteiger partial charge is 0.326 e. The summed E-state index contributed by atoms with van der Waals surface area (Å²) in [6.45, 7) is -2.89. The third kappa shape index (κ3) is 6.89. The molecule has 0 aliphatic carbocycles. The van der Waals surface area contributed by atoms with Crippen molar-refractivity contribution in [1.82, 2.24) is 24.4 Å². The molecular weight excluding hydrogens is 737 g/mol. The molecular formula is C33H23ClF5N7O3S2. The Morgan fingerprint density at radius 3 is 2.55 bits per heavy atom. The SMILES string of the molecule is O=C(Nc1ccc(F)c(F)c1)c1cccc(S(=O)(=O)N[C@H]2CC3=C(c4ccn(C(F)F)n4)[C@H](c4ccc(F)cc4Cl)N=C(c4nccs4)N3C2)c1. The molecule has 2 N–H and O–H groups in total. The number of amidine groups is 1. The molecule has 5 aromatic rings. The maximum atomic E-state index is 14.1. The number of amides is 1. The Bertz CT molecular complexity index is 2330. The highest BCUT2D eigenvalue weighted by atomic mass is 35.5. The van der Waals surface area contributed by atoms with Crippen molar-refractivity contribution in [3.63, 3.8) is 0 Å². The summed E-state index contributed by atoms with van der Waals surface area (Å²) in [7, 11) is -4.29. The molecule has 3 aromatic carbocycles. The fraction of sp³-hybridized carbons (Fsp3) is 0.152. The first-order valence-electron chi connectivity index (χ1n) is 15.0. The summed E-state index contributed by atoms with van der Waals surface area (Å²) in [6.07, 6.45) is 2.72. The van der Waals surface area contributed by atoms with Gasteiger partial charge in [-0.15, -0.1) is 11.3 Å². The van der Waals surface area contributed by atoms with Gasteiger partial charge >= 0.3 is 6.55 Å². The number of carbonyl (C=O) groups is 1. The lowest BCUT2D eigenvalue weighted by Crippen LogP contribution is -2.39. The zero-order chi connectivity index (χ0) is 36.0. The fourth-order valence-corrected chi connectivity index (χ4v) is 8.09. The van der Waals surface area contributed by atoms with Crippen LogP contribution >= 0.6 is 22.9 Å². The number of hydrogen-bond acceptors (Lipinski definition) is 8. The van der Waals surface area contributed by atoms with Crippen molar-refractivity contribution in [2.45, 2.75) is 29.9 Å². The predicted octanol–water partition coefficient (Wildman–Crippen LogP) is 7.02. The van der Waals surface area contributed by atoms with E-state index in [1.807, 2.05) is 0 Å². The zero-order valence-corrected chi connectivity index (χ0v) is 28.2. The average molecular weight is 760 g/mol. The van der Waals surface area contributed by atoms with E-state index in [1.165, 1.54) is 47.7 Å². The molecule has 1 saturated heterocycles. The minimum atomic E-state index is -4.29. The molecule has 0 radical (unpaired) electrons. The molecule has 0 bridgehead atoms. The number of fused-ring (bicyclic) bond motifs is 1. The summed E-state index contributed by atoms with van der Waals surface area (Å²) in [6, 6.07) is 11.3. The number of hydrogen-bond donors (Lipinski definition) is 2. The highest BCUT2D eigenvalue weighted by Crippen LogP contribution is 2.46. The van der Waals surface area contributed by atoms with Crippen LogP contribution in [-0.4, -0.2) is 52.4 Å². The lowest BCUT2D eigenvalue weighted by molar-refractivity contribution is 0.0564. The maximum Gasteiger partial charge on any atom is 0.333 e. The standard InChI is InChI=1S/C33H23ClF5N7O3S2/c34-23-13-18(35)4-6-22(23)29-28(26-8-10-46(43-26)33(38)39)27-15-20(16-45(27)30(42-29)32-40-9-11-50-32)44-51(48,49)21-3-1-2-17(12-21)31(47)41-19-5-7-24(36)25(37)14-19/h1-14,20,29,33,44H,15-16H2,(H,41,47)/t20-,29-/m0/s1. The van der Waals surface area contributed by atoms with Gasteiger partial charge in [-0.2, -0.15) is 13.9 Å². The quantitative estimate of drug-likeness (QED) is 0.156. The van der Waals surface area contributed by atoms with Gasteiger partial charge in [0.15, 0.2) is 22.5 Å². The molecule has 1 fully saturated rings. The third-order valence-electron chi connectivity index (χ3n) is 8.13. The molecule has 4 heterocycles. The molecule has 1 amide bonds. The summed E-state index contributed by atoms with van der Waals surface area (Å²) in [4.78, 5) is 23.7. The Morgan fingerprint density at radius 2 is 1.84 bits per heavy atom. The second kappa shape index (κ2) is 13.6. The normalized spacial score (nSPS) is 17.5. The van der Waals surface area contributed by atoms with Gasteiger partial charge in [-0.1, -0.05) is 23.7 Å². The van der Waals surface area contributed by atoms with E-state index in [9.17, 15) is 35.2 Å². The van der Waals surface area contributed by atoms with Gasteiger partial charge in [-0.3, -0.25) is 9.79 Å². The van der Waals surface area contributed by atoms with Crippen molar-refractivity contribution in [2.75, 3.05) is 11.9 Å². The average Bonchev–Trinajstić information content (AvgIpc) is 3.88. The second-order valence-corrected chi connectivity index (χ2v) is 14.4. The van der Waals surface area contributed by atoms with E-state index < -0.39 is 52.0 Å². The molecule has 262 valence electrons. The largest absolute Gasteiger partial charge is 0.333 e. The van der Waals surface area contributed by atoms with Crippen molar-refractivity contribution >= 4 is 56.0 Å². The van der Waals surface area contributed by atoms with Crippen molar-refractivity contribution < 1.29 is 35.2 Å². The number of anilines is 1. The summed E-state index contributed by atoms with van der Waals surface area (Å²) in [5, 5.41) is 8.74. The molecule has 2 aromatic heterocycles. The van der Waals surface area contributed by atoms with Crippen LogP contribution in [0, 0.1) is 17.5 Å². The van der Waals surface area contributed by atoms with Gasteiger partial charge in [-0.25, -0.2) is 36.0 Å².